The Morgan fingerprint density at radius 2 is 1.74 bits per heavy atom. The normalized spacial score (nSPS) is 29.4. The van der Waals surface area contributed by atoms with Crippen molar-refractivity contribution >= 4 is 11.8 Å². The Hall–Kier alpha value is -0.940. The summed E-state index contributed by atoms with van der Waals surface area (Å²) in [6, 6.07) is 0. The highest BCUT2D eigenvalue weighted by molar-refractivity contribution is 6.06. The first kappa shape index (κ1) is 13.1. The third-order valence-electron chi connectivity index (χ3n) is 4.93. The molecule has 1 aliphatic carbocycles. The molecule has 2 aliphatic heterocycles. The fourth-order valence-corrected chi connectivity index (χ4v) is 3.67. The number of rotatable bonds is 2. The number of hydrogen-bond donors (Lipinski definition) is 1. The number of amides is 2. The first-order valence-electron chi connectivity index (χ1n) is 7.20. The van der Waals surface area contributed by atoms with Crippen LogP contribution in [0.15, 0.2) is 0 Å². The van der Waals surface area contributed by atoms with E-state index in [-0.39, 0.29) is 18.4 Å². The Balaban J connectivity index is 1.74. The van der Waals surface area contributed by atoms with Crippen LogP contribution in [0.2, 0.25) is 0 Å². The van der Waals surface area contributed by atoms with Gasteiger partial charge >= 0.3 is 0 Å². The molecule has 2 heterocycles. The molecular formula is C14H21NO4. The summed E-state index contributed by atoms with van der Waals surface area (Å²) in [5.41, 5.74) is -1.38. The number of aliphatic hydroxyl groups is 1. The quantitative estimate of drug-likeness (QED) is 0.753. The molecule has 1 spiro atoms. The molecule has 2 saturated heterocycles. The van der Waals surface area contributed by atoms with Crippen molar-refractivity contribution in [1.29, 1.82) is 0 Å². The molecular weight excluding hydrogens is 246 g/mol. The van der Waals surface area contributed by atoms with Crippen molar-refractivity contribution in [2.24, 2.45) is 5.41 Å². The van der Waals surface area contributed by atoms with Gasteiger partial charge in [0.2, 0.25) is 11.8 Å². The molecule has 19 heavy (non-hydrogen) atoms. The lowest BCUT2D eigenvalue weighted by molar-refractivity contribution is -0.149. The van der Waals surface area contributed by atoms with Crippen LogP contribution in [0.1, 0.15) is 44.9 Å². The number of carbonyl (C=O) groups excluding carboxylic acids is 2. The zero-order chi connectivity index (χ0) is 13.5. The van der Waals surface area contributed by atoms with E-state index in [1.807, 2.05) is 0 Å². The highest BCUT2D eigenvalue weighted by Gasteiger charge is 2.53. The van der Waals surface area contributed by atoms with Crippen LogP contribution in [0.3, 0.4) is 0 Å². The van der Waals surface area contributed by atoms with E-state index in [9.17, 15) is 14.7 Å². The molecule has 1 saturated carbocycles. The summed E-state index contributed by atoms with van der Waals surface area (Å²) < 4.78 is 5.23. The Bertz CT molecular complexity index is 394. The standard InChI is InChI=1S/C14H21NO4/c16-11-9-13(3-1-2-4-13)12(17)15(11)10-14(18)5-7-19-8-6-14/h18H,1-10H2. The fourth-order valence-electron chi connectivity index (χ4n) is 3.67. The minimum absolute atomic E-state index is 0.0464. The van der Waals surface area contributed by atoms with Crippen LogP contribution in [0.5, 0.6) is 0 Å². The molecule has 0 aromatic carbocycles. The van der Waals surface area contributed by atoms with Crippen molar-refractivity contribution in [3.63, 3.8) is 0 Å². The molecule has 0 radical (unpaired) electrons. The Labute approximate surface area is 112 Å². The lowest BCUT2D eigenvalue weighted by Crippen LogP contribution is -2.49. The zero-order valence-electron chi connectivity index (χ0n) is 11.2. The van der Waals surface area contributed by atoms with E-state index >= 15 is 0 Å². The van der Waals surface area contributed by atoms with Crippen molar-refractivity contribution < 1.29 is 19.4 Å². The van der Waals surface area contributed by atoms with Gasteiger partial charge in [0.15, 0.2) is 0 Å². The number of likely N-dealkylation sites (tertiary alicyclic amines) is 1. The number of carbonyl (C=O) groups is 2. The molecule has 0 aromatic heterocycles. The Morgan fingerprint density at radius 3 is 2.37 bits per heavy atom. The van der Waals surface area contributed by atoms with E-state index in [0.29, 0.717) is 32.5 Å². The number of ether oxygens (including phenoxy) is 1. The Kier molecular flexibility index (Phi) is 3.14. The van der Waals surface area contributed by atoms with Crippen molar-refractivity contribution in [1.82, 2.24) is 4.90 Å². The second-order valence-corrected chi connectivity index (χ2v) is 6.29. The maximum absolute atomic E-state index is 12.5. The smallest absolute Gasteiger partial charge is 0.236 e. The predicted octanol–water partition coefficient (Wildman–Crippen LogP) is 0.847. The maximum Gasteiger partial charge on any atom is 0.236 e. The minimum Gasteiger partial charge on any atom is -0.388 e. The molecule has 0 unspecified atom stereocenters. The van der Waals surface area contributed by atoms with Gasteiger partial charge in [0.05, 0.1) is 17.6 Å². The second kappa shape index (κ2) is 4.56. The largest absolute Gasteiger partial charge is 0.388 e. The van der Waals surface area contributed by atoms with Crippen molar-refractivity contribution in [3.05, 3.63) is 0 Å². The summed E-state index contributed by atoms with van der Waals surface area (Å²) in [4.78, 5) is 26.0. The predicted molar refractivity (Wildman–Crippen MR) is 67.2 cm³/mol. The molecule has 5 heteroatoms. The highest BCUT2D eigenvalue weighted by atomic mass is 16.5. The summed E-state index contributed by atoms with van der Waals surface area (Å²) in [6.07, 6.45) is 5.06. The van der Waals surface area contributed by atoms with Gasteiger partial charge < -0.3 is 9.84 Å². The van der Waals surface area contributed by atoms with E-state index in [1.165, 1.54) is 4.90 Å². The lowest BCUT2D eigenvalue weighted by Gasteiger charge is -2.35. The van der Waals surface area contributed by atoms with E-state index in [1.54, 1.807) is 0 Å². The number of β-amino-alcohol motifs (C(OH)–C–C–N with tert-alkyl or cyclic N) is 1. The van der Waals surface area contributed by atoms with E-state index in [4.69, 9.17) is 4.74 Å². The van der Waals surface area contributed by atoms with Crippen molar-refractivity contribution in [2.45, 2.75) is 50.5 Å². The molecule has 5 nitrogen and oxygen atoms in total. The van der Waals surface area contributed by atoms with Gasteiger partial charge in [0.25, 0.3) is 0 Å². The third-order valence-corrected chi connectivity index (χ3v) is 4.93. The number of hydrogen-bond acceptors (Lipinski definition) is 4. The van der Waals surface area contributed by atoms with Gasteiger partial charge in [-0.25, -0.2) is 0 Å². The summed E-state index contributed by atoms with van der Waals surface area (Å²) in [7, 11) is 0. The fraction of sp³-hybridized carbons (Fsp3) is 0.857. The van der Waals surface area contributed by atoms with Gasteiger partial charge in [-0.3, -0.25) is 14.5 Å². The molecule has 1 N–H and O–H groups in total. The summed E-state index contributed by atoms with van der Waals surface area (Å²) in [6.45, 7) is 1.14. The van der Waals surface area contributed by atoms with E-state index < -0.39 is 11.0 Å². The van der Waals surface area contributed by atoms with Gasteiger partial charge in [-0.15, -0.1) is 0 Å². The van der Waals surface area contributed by atoms with Gasteiger partial charge in [0, 0.05) is 32.5 Å². The molecule has 2 amide bonds. The van der Waals surface area contributed by atoms with Crippen LogP contribution < -0.4 is 0 Å². The summed E-state index contributed by atoms with van der Waals surface area (Å²) in [5, 5.41) is 10.5. The molecule has 0 atom stereocenters. The highest BCUT2D eigenvalue weighted by Crippen LogP contribution is 2.47. The van der Waals surface area contributed by atoms with Crippen molar-refractivity contribution in [2.75, 3.05) is 19.8 Å². The zero-order valence-corrected chi connectivity index (χ0v) is 11.2. The monoisotopic (exact) mass is 267 g/mol. The number of nitrogens with zero attached hydrogens (tertiary/aromatic N) is 1. The maximum atomic E-state index is 12.5. The van der Waals surface area contributed by atoms with Crippen LogP contribution >= 0.6 is 0 Å². The average Bonchev–Trinajstić information content (AvgIpc) is 2.93. The topological polar surface area (TPSA) is 66.8 Å². The minimum atomic E-state index is -0.951. The third kappa shape index (κ3) is 2.19. The SMILES string of the molecule is O=C1CC2(CCCC2)C(=O)N1CC1(O)CCOCC1. The molecule has 0 aromatic rings. The number of imide groups is 1. The van der Waals surface area contributed by atoms with E-state index in [2.05, 4.69) is 0 Å². The van der Waals surface area contributed by atoms with Gasteiger partial charge in [-0.2, -0.15) is 0 Å². The molecule has 106 valence electrons. The first-order valence-corrected chi connectivity index (χ1v) is 7.20. The molecule has 3 fully saturated rings. The van der Waals surface area contributed by atoms with Gasteiger partial charge in [-0.1, -0.05) is 12.8 Å². The molecule has 0 bridgehead atoms. The van der Waals surface area contributed by atoms with Crippen molar-refractivity contribution in [3.8, 4) is 0 Å². The van der Waals surface area contributed by atoms with Crippen LogP contribution in [-0.4, -0.2) is 47.2 Å². The summed E-state index contributed by atoms with van der Waals surface area (Å²) in [5.74, 6) is -0.151. The van der Waals surface area contributed by atoms with Gasteiger partial charge in [-0.05, 0) is 12.8 Å². The molecule has 3 rings (SSSR count). The van der Waals surface area contributed by atoms with Crippen LogP contribution in [-0.2, 0) is 14.3 Å². The Morgan fingerprint density at radius 1 is 1.11 bits per heavy atom. The van der Waals surface area contributed by atoms with Gasteiger partial charge in [0.1, 0.15) is 0 Å². The van der Waals surface area contributed by atoms with E-state index in [0.717, 1.165) is 25.7 Å². The molecule has 3 aliphatic rings. The lowest BCUT2D eigenvalue weighted by atomic mass is 9.84. The van der Waals surface area contributed by atoms with Crippen LogP contribution in [0.4, 0.5) is 0 Å². The van der Waals surface area contributed by atoms with Crippen LogP contribution in [0, 0.1) is 5.41 Å². The second-order valence-electron chi connectivity index (χ2n) is 6.29. The average molecular weight is 267 g/mol. The van der Waals surface area contributed by atoms with Crippen LogP contribution in [0.25, 0.3) is 0 Å². The first-order chi connectivity index (χ1) is 9.05. The summed E-state index contributed by atoms with van der Waals surface area (Å²) >= 11 is 0.